The van der Waals surface area contributed by atoms with Crippen LogP contribution in [-0.4, -0.2) is 164 Å². The van der Waals surface area contributed by atoms with Gasteiger partial charge in [0.05, 0.1) is 32.5 Å². The van der Waals surface area contributed by atoms with Crippen LogP contribution in [-0.2, 0) is 19.1 Å². The Morgan fingerprint density at radius 3 is 1.74 bits per heavy atom. The highest BCUT2D eigenvalue weighted by Crippen LogP contribution is 2.35. The van der Waals surface area contributed by atoms with Gasteiger partial charge >= 0.3 is 5.91 Å². The van der Waals surface area contributed by atoms with Crippen LogP contribution in [0.15, 0.2) is 0 Å². The summed E-state index contributed by atoms with van der Waals surface area (Å²) in [5, 5.41) is 3.38. The fourth-order valence-corrected chi connectivity index (χ4v) is 7.99. The summed E-state index contributed by atoms with van der Waals surface area (Å²) in [6, 6.07) is -1.20. The number of halogens is 2. The van der Waals surface area contributed by atoms with E-state index < -0.39 is 12.1 Å². The van der Waals surface area contributed by atoms with E-state index in [4.69, 9.17) is 32.7 Å². The third-order valence-corrected chi connectivity index (χ3v) is 10.0. The van der Waals surface area contributed by atoms with E-state index >= 15 is 4.79 Å². The summed E-state index contributed by atoms with van der Waals surface area (Å²) in [4.78, 5) is 38.4. The third kappa shape index (κ3) is 6.04. The number of piperidine rings is 2. The topological polar surface area (TPSA) is 77.6 Å². The molecule has 10 nitrogen and oxygen atoms in total. The van der Waals surface area contributed by atoms with Crippen LogP contribution in [0, 0.1) is 0 Å². The molecule has 0 aromatic rings. The predicted molar refractivity (Wildman–Crippen MR) is 146 cm³/mol. The molecular weight excluding hydrogens is 531 g/mol. The van der Waals surface area contributed by atoms with Gasteiger partial charge in [0.1, 0.15) is 13.3 Å². The van der Waals surface area contributed by atoms with E-state index in [1.54, 1.807) is 0 Å². The first-order valence-electron chi connectivity index (χ1n) is 14.3. The number of hydrogen-bond donors (Lipinski definition) is 1. The highest BCUT2D eigenvalue weighted by atomic mass is 35.5. The number of carbonyl (C=O) groups is 2. The van der Waals surface area contributed by atoms with Crippen molar-refractivity contribution in [1.29, 1.82) is 0 Å². The summed E-state index contributed by atoms with van der Waals surface area (Å²) >= 11 is 13.0. The van der Waals surface area contributed by atoms with E-state index in [9.17, 15) is 4.79 Å². The zero-order valence-corrected chi connectivity index (χ0v) is 24.4. The molecule has 5 aliphatic rings. The summed E-state index contributed by atoms with van der Waals surface area (Å²) in [6.45, 7) is 8.07. The first-order valence-corrected chi connectivity index (χ1v) is 15.2. The minimum Gasteiger partial charge on any atom is -0.379 e. The molecule has 12 heteroatoms. The number of nitrogens with one attached hydrogen (secondary N) is 1. The Morgan fingerprint density at radius 2 is 1.26 bits per heavy atom. The number of quaternary nitrogens is 1. The minimum atomic E-state index is -0.565. The number of ether oxygens (including phenoxy) is 2. The molecule has 5 aliphatic heterocycles. The second-order valence-electron chi connectivity index (χ2n) is 11.9. The average Bonchev–Trinajstić information content (AvgIpc) is 2.89. The minimum absolute atomic E-state index is 0.0117. The van der Waals surface area contributed by atoms with Crippen molar-refractivity contribution in [2.24, 2.45) is 0 Å². The molecule has 6 atom stereocenters. The number of hydrogen-bond acceptors (Lipinski definition) is 8. The maximum atomic E-state index is 15.0. The first-order chi connectivity index (χ1) is 18.3. The van der Waals surface area contributed by atoms with E-state index in [1.807, 2.05) is 7.05 Å². The first kappa shape index (κ1) is 29.0. The van der Waals surface area contributed by atoms with Crippen LogP contribution in [0.4, 0.5) is 0 Å². The number of morpholine rings is 2. The Bertz CT molecular complexity index is 823. The number of carbonyl (C=O) groups excluding carboxylic acids is 2. The molecule has 0 aromatic carbocycles. The number of piperazine rings is 1. The van der Waals surface area contributed by atoms with Gasteiger partial charge in [-0.25, -0.2) is 9.28 Å². The molecule has 5 rings (SSSR count). The summed E-state index contributed by atoms with van der Waals surface area (Å²) in [5.74, 6) is 0.112. The van der Waals surface area contributed by atoms with Gasteiger partial charge in [0.25, 0.3) is 5.91 Å². The molecule has 0 saturated carbocycles. The summed E-state index contributed by atoms with van der Waals surface area (Å²) in [7, 11) is 4.08. The molecule has 0 bridgehead atoms. The van der Waals surface area contributed by atoms with Crippen LogP contribution in [0.3, 0.4) is 0 Å². The van der Waals surface area contributed by atoms with E-state index in [2.05, 4.69) is 32.0 Å². The lowest BCUT2D eigenvalue weighted by molar-refractivity contribution is -0.896. The molecule has 5 heterocycles. The number of likely N-dealkylation sites (N-methyl/N-ethyl adjacent to an activating group) is 2. The number of rotatable bonds is 6. The van der Waals surface area contributed by atoms with Crippen molar-refractivity contribution in [1.82, 2.24) is 24.9 Å². The Morgan fingerprint density at radius 1 is 0.789 bits per heavy atom. The highest BCUT2D eigenvalue weighted by Gasteiger charge is 2.62. The Hall–Kier alpha value is -0.560. The number of likely N-dealkylation sites (tertiary alicyclic amines) is 2. The zero-order valence-electron chi connectivity index (χ0n) is 22.9. The van der Waals surface area contributed by atoms with E-state index in [-0.39, 0.29) is 39.1 Å². The standard InChI is InChI=1S/C26H44Cl2N6O4/c1-30-15-19(27)3-5-21(30)23-26(36)34(17-32-7-11-37-12-8-32,18-33-9-13-38-14-10-33)24(25(35)29-23)22-6-4-20(28)16-31(22)2/h19-24H,3-18H2,1-2H3/p+1. The monoisotopic (exact) mass is 575 g/mol. The van der Waals surface area contributed by atoms with Gasteiger partial charge in [-0.15, -0.1) is 23.2 Å². The van der Waals surface area contributed by atoms with Crippen molar-refractivity contribution in [3.63, 3.8) is 0 Å². The molecule has 6 unspecified atom stereocenters. The predicted octanol–water partition coefficient (Wildman–Crippen LogP) is 0.179. The lowest BCUT2D eigenvalue weighted by atomic mass is 9.86. The highest BCUT2D eigenvalue weighted by molar-refractivity contribution is 6.21. The summed E-state index contributed by atoms with van der Waals surface area (Å²) in [6.07, 6.45) is 3.27. The molecule has 5 fully saturated rings. The molecular formula is C26H45Cl2N6O4+. The lowest BCUT2D eigenvalue weighted by Crippen LogP contribution is -2.83. The van der Waals surface area contributed by atoms with Crippen LogP contribution < -0.4 is 5.32 Å². The van der Waals surface area contributed by atoms with Crippen LogP contribution in [0.2, 0.25) is 0 Å². The van der Waals surface area contributed by atoms with Gasteiger partial charge in [-0.3, -0.25) is 24.4 Å². The van der Waals surface area contributed by atoms with E-state index in [0.29, 0.717) is 52.9 Å². The summed E-state index contributed by atoms with van der Waals surface area (Å²) < 4.78 is 11.4. The number of amides is 2. The third-order valence-electron chi connectivity index (χ3n) is 9.32. The Labute approximate surface area is 237 Å². The molecule has 0 spiro atoms. The van der Waals surface area contributed by atoms with E-state index in [0.717, 1.165) is 51.9 Å². The van der Waals surface area contributed by atoms with E-state index in [1.165, 1.54) is 0 Å². The average molecular weight is 577 g/mol. The van der Waals surface area contributed by atoms with Crippen molar-refractivity contribution in [3.8, 4) is 0 Å². The normalized spacial score (nSPS) is 38.7. The molecule has 2 amide bonds. The van der Waals surface area contributed by atoms with Gasteiger partial charge in [0, 0.05) is 56.1 Å². The summed E-state index contributed by atoms with van der Waals surface area (Å²) in [5.41, 5.74) is 0. The van der Waals surface area contributed by atoms with Gasteiger partial charge < -0.3 is 14.8 Å². The smallest absolute Gasteiger partial charge is 0.340 e. The second-order valence-corrected chi connectivity index (χ2v) is 13.1. The van der Waals surface area contributed by atoms with Crippen LogP contribution in [0.5, 0.6) is 0 Å². The van der Waals surface area contributed by atoms with Crippen molar-refractivity contribution in [3.05, 3.63) is 0 Å². The van der Waals surface area contributed by atoms with Crippen LogP contribution in [0.25, 0.3) is 0 Å². The molecule has 0 aromatic heterocycles. The number of nitrogens with zero attached hydrogens (tertiary/aromatic N) is 5. The van der Waals surface area contributed by atoms with Crippen LogP contribution in [0.1, 0.15) is 25.7 Å². The molecule has 0 aliphatic carbocycles. The van der Waals surface area contributed by atoms with Crippen molar-refractivity contribution in [2.45, 2.75) is 60.6 Å². The van der Waals surface area contributed by atoms with Crippen LogP contribution >= 0.6 is 23.2 Å². The molecule has 0 radical (unpaired) electrons. The Kier molecular flexibility index (Phi) is 9.55. The van der Waals surface area contributed by atoms with Gasteiger partial charge in [-0.1, -0.05) is 0 Å². The lowest BCUT2D eigenvalue weighted by Gasteiger charge is -2.55. The maximum absolute atomic E-state index is 15.0. The molecule has 38 heavy (non-hydrogen) atoms. The van der Waals surface area contributed by atoms with Gasteiger partial charge in [0.15, 0.2) is 12.1 Å². The molecule has 1 N–H and O–H groups in total. The fourth-order valence-electron chi connectivity index (χ4n) is 7.31. The van der Waals surface area contributed by atoms with Gasteiger partial charge in [0.2, 0.25) is 0 Å². The zero-order chi connectivity index (χ0) is 26.9. The second kappa shape index (κ2) is 12.5. The quantitative estimate of drug-likeness (QED) is 0.355. The molecule has 216 valence electrons. The fraction of sp³-hybridized carbons (Fsp3) is 0.923. The SMILES string of the molecule is CN1CC(Cl)CCC1C1NC(=O)C(C2CCC(Cl)CN2C)[N+](CN2CCOCC2)(CN2CCOCC2)C1=O. The van der Waals surface area contributed by atoms with Crippen molar-refractivity contribution < 1.29 is 23.5 Å². The molecule has 5 saturated heterocycles. The number of alkyl halides is 2. The maximum Gasteiger partial charge on any atom is 0.340 e. The van der Waals surface area contributed by atoms with Gasteiger partial charge in [-0.05, 0) is 39.8 Å². The largest absolute Gasteiger partial charge is 0.379 e. The van der Waals surface area contributed by atoms with Crippen molar-refractivity contribution in [2.75, 3.05) is 93.1 Å². The van der Waals surface area contributed by atoms with Crippen molar-refractivity contribution >= 4 is 35.0 Å². The Balaban J connectivity index is 1.55. The van der Waals surface area contributed by atoms with Gasteiger partial charge in [-0.2, -0.15) is 0 Å².